The lowest BCUT2D eigenvalue weighted by Gasteiger charge is -2.32. The van der Waals surface area contributed by atoms with Gasteiger partial charge in [0, 0.05) is 43.9 Å². The summed E-state index contributed by atoms with van der Waals surface area (Å²) in [6.07, 6.45) is 5.06. The van der Waals surface area contributed by atoms with Crippen molar-refractivity contribution in [1.82, 2.24) is 14.9 Å². The highest BCUT2D eigenvalue weighted by atomic mass is 16.5. The fraction of sp³-hybridized carbons (Fsp3) is 0.333. The van der Waals surface area contributed by atoms with Crippen LogP contribution < -0.4 is 10.5 Å². The predicted octanol–water partition coefficient (Wildman–Crippen LogP) is 2.09. The first kappa shape index (κ1) is 16.9. The third kappa shape index (κ3) is 3.93. The number of likely N-dealkylation sites (tertiary alicyclic amines) is 1. The molecule has 1 aliphatic heterocycles. The Hall–Kier alpha value is -2.96. The van der Waals surface area contributed by atoms with Gasteiger partial charge in [-0.2, -0.15) is 0 Å². The van der Waals surface area contributed by atoms with E-state index >= 15 is 0 Å². The first-order valence-corrected chi connectivity index (χ1v) is 8.18. The number of carbonyl (C=O) groups excluding carboxylic acids is 2. The second-order valence-electron chi connectivity index (χ2n) is 6.04. The summed E-state index contributed by atoms with van der Waals surface area (Å²) in [6, 6.07) is 6.54. The van der Waals surface area contributed by atoms with Crippen LogP contribution in [0.1, 0.15) is 41.7 Å². The molecule has 1 fully saturated rings. The Morgan fingerprint density at radius 2 is 1.92 bits per heavy atom. The molecule has 0 radical (unpaired) electrons. The predicted molar refractivity (Wildman–Crippen MR) is 91.3 cm³/mol. The number of nitrogens with zero attached hydrogens (tertiary/aromatic N) is 3. The SMILES string of the molecule is CC(=O)N1CCC[C@@H](c2nccnc2Oc2ccc(C(N)=O)cc2)C1. The van der Waals surface area contributed by atoms with Crippen molar-refractivity contribution in [1.29, 1.82) is 0 Å². The lowest BCUT2D eigenvalue weighted by atomic mass is 9.94. The average Bonchev–Trinajstić information content (AvgIpc) is 2.63. The Morgan fingerprint density at radius 1 is 1.20 bits per heavy atom. The van der Waals surface area contributed by atoms with Crippen molar-refractivity contribution >= 4 is 11.8 Å². The van der Waals surface area contributed by atoms with Crippen molar-refractivity contribution in [2.75, 3.05) is 13.1 Å². The molecule has 25 heavy (non-hydrogen) atoms. The molecule has 1 aromatic carbocycles. The summed E-state index contributed by atoms with van der Waals surface area (Å²) >= 11 is 0. The van der Waals surface area contributed by atoms with Crippen LogP contribution in [0.5, 0.6) is 11.6 Å². The number of aromatic nitrogens is 2. The molecule has 0 saturated carbocycles. The van der Waals surface area contributed by atoms with E-state index in [4.69, 9.17) is 10.5 Å². The molecule has 7 heteroatoms. The van der Waals surface area contributed by atoms with E-state index in [1.165, 1.54) is 0 Å². The van der Waals surface area contributed by atoms with Gasteiger partial charge in [-0.3, -0.25) is 14.6 Å². The van der Waals surface area contributed by atoms with Crippen LogP contribution in [0.15, 0.2) is 36.7 Å². The number of hydrogen-bond acceptors (Lipinski definition) is 5. The summed E-state index contributed by atoms with van der Waals surface area (Å²) in [7, 11) is 0. The third-order valence-corrected chi connectivity index (χ3v) is 4.30. The maximum Gasteiger partial charge on any atom is 0.248 e. The minimum Gasteiger partial charge on any atom is -0.437 e. The Balaban J connectivity index is 1.81. The number of ether oxygens (including phenoxy) is 1. The Morgan fingerprint density at radius 3 is 2.60 bits per heavy atom. The summed E-state index contributed by atoms with van der Waals surface area (Å²) < 4.78 is 5.86. The van der Waals surface area contributed by atoms with Crippen LogP contribution in [0.3, 0.4) is 0 Å². The fourth-order valence-corrected chi connectivity index (χ4v) is 2.98. The summed E-state index contributed by atoms with van der Waals surface area (Å²) in [5.74, 6) is 0.637. The summed E-state index contributed by atoms with van der Waals surface area (Å²) in [6.45, 7) is 2.97. The lowest BCUT2D eigenvalue weighted by molar-refractivity contribution is -0.130. The zero-order valence-corrected chi connectivity index (χ0v) is 14.0. The molecule has 2 heterocycles. The van der Waals surface area contributed by atoms with Gasteiger partial charge in [-0.25, -0.2) is 4.98 Å². The van der Waals surface area contributed by atoms with E-state index in [1.807, 2.05) is 4.90 Å². The molecule has 130 valence electrons. The number of primary amides is 1. The van der Waals surface area contributed by atoms with Gasteiger partial charge in [0.25, 0.3) is 0 Å². The van der Waals surface area contributed by atoms with Crippen molar-refractivity contribution in [2.24, 2.45) is 5.73 Å². The van der Waals surface area contributed by atoms with Gasteiger partial charge < -0.3 is 15.4 Å². The maximum absolute atomic E-state index is 11.7. The zero-order chi connectivity index (χ0) is 17.8. The molecule has 2 N–H and O–H groups in total. The van der Waals surface area contributed by atoms with E-state index in [-0.39, 0.29) is 11.8 Å². The van der Waals surface area contributed by atoms with Gasteiger partial charge in [-0.15, -0.1) is 0 Å². The number of hydrogen-bond donors (Lipinski definition) is 1. The van der Waals surface area contributed by atoms with Crippen molar-refractivity contribution in [3.05, 3.63) is 47.9 Å². The lowest BCUT2D eigenvalue weighted by Crippen LogP contribution is -2.38. The minimum atomic E-state index is -0.488. The second kappa shape index (κ2) is 7.29. The molecule has 2 aromatic rings. The molecular formula is C18H20N4O3. The van der Waals surface area contributed by atoms with E-state index in [9.17, 15) is 9.59 Å². The van der Waals surface area contributed by atoms with Gasteiger partial charge in [0.2, 0.25) is 17.7 Å². The van der Waals surface area contributed by atoms with Crippen LogP contribution in [0.2, 0.25) is 0 Å². The highest BCUT2D eigenvalue weighted by Crippen LogP contribution is 2.32. The van der Waals surface area contributed by atoms with E-state index in [0.717, 1.165) is 25.1 Å². The largest absolute Gasteiger partial charge is 0.437 e. The van der Waals surface area contributed by atoms with E-state index in [1.54, 1.807) is 43.6 Å². The summed E-state index contributed by atoms with van der Waals surface area (Å²) in [5, 5.41) is 0. The molecular weight excluding hydrogens is 320 g/mol. The molecule has 0 unspecified atom stereocenters. The number of nitrogens with two attached hydrogens (primary N) is 1. The van der Waals surface area contributed by atoms with Gasteiger partial charge >= 0.3 is 0 Å². The van der Waals surface area contributed by atoms with Gasteiger partial charge in [0.1, 0.15) is 11.4 Å². The first-order chi connectivity index (χ1) is 12.0. The summed E-state index contributed by atoms with van der Waals surface area (Å²) in [5.41, 5.74) is 6.40. The monoisotopic (exact) mass is 340 g/mol. The van der Waals surface area contributed by atoms with Crippen molar-refractivity contribution in [3.8, 4) is 11.6 Å². The zero-order valence-electron chi connectivity index (χ0n) is 14.0. The van der Waals surface area contributed by atoms with Crippen LogP contribution >= 0.6 is 0 Å². The summed E-state index contributed by atoms with van der Waals surface area (Å²) in [4.78, 5) is 33.4. The van der Waals surface area contributed by atoms with Crippen molar-refractivity contribution in [3.63, 3.8) is 0 Å². The molecule has 1 saturated heterocycles. The number of piperidine rings is 1. The van der Waals surface area contributed by atoms with Gasteiger partial charge in [0.15, 0.2) is 0 Å². The maximum atomic E-state index is 11.7. The molecule has 2 amide bonds. The molecule has 0 bridgehead atoms. The number of amides is 2. The van der Waals surface area contributed by atoms with Crippen LogP contribution in [-0.4, -0.2) is 39.8 Å². The Kier molecular flexibility index (Phi) is 4.92. The topological polar surface area (TPSA) is 98.4 Å². The number of benzene rings is 1. The minimum absolute atomic E-state index is 0.0677. The molecule has 3 rings (SSSR count). The third-order valence-electron chi connectivity index (χ3n) is 4.30. The molecule has 0 spiro atoms. The van der Waals surface area contributed by atoms with Gasteiger partial charge in [0.05, 0.1) is 0 Å². The van der Waals surface area contributed by atoms with E-state index < -0.39 is 5.91 Å². The number of carbonyl (C=O) groups is 2. The normalized spacial score (nSPS) is 17.2. The quantitative estimate of drug-likeness (QED) is 0.919. The highest BCUT2D eigenvalue weighted by Gasteiger charge is 2.27. The van der Waals surface area contributed by atoms with Crippen molar-refractivity contribution < 1.29 is 14.3 Å². The van der Waals surface area contributed by atoms with Crippen molar-refractivity contribution in [2.45, 2.75) is 25.7 Å². The molecule has 0 aliphatic carbocycles. The fourth-order valence-electron chi connectivity index (χ4n) is 2.98. The van der Waals surface area contributed by atoms with E-state index in [2.05, 4.69) is 9.97 Å². The standard InChI is InChI=1S/C18H20N4O3/c1-12(23)22-10-2-3-14(11-22)16-18(21-9-8-20-16)25-15-6-4-13(5-7-15)17(19)24/h4-9,14H,2-3,10-11H2,1H3,(H2,19,24)/t14-/m1/s1. The van der Waals surface area contributed by atoms with Crippen LogP contribution in [0.4, 0.5) is 0 Å². The Labute approximate surface area is 145 Å². The average molecular weight is 340 g/mol. The molecule has 1 aromatic heterocycles. The van der Waals surface area contributed by atoms with E-state index in [0.29, 0.717) is 23.7 Å². The molecule has 1 atom stereocenters. The Bertz CT molecular complexity index is 776. The van der Waals surface area contributed by atoms with Gasteiger partial charge in [-0.1, -0.05) is 0 Å². The second-order valence-corrected chi connectivity index (χ2v) is 6.04. The number of rotatable bonds is 4. The van der Waals surface area contributed by atoms with Gasteiger partial charge in [-0.05, 0) is 37.1 Å². The molecule has 1 aliphatic rings. The first-order valence-electron chi connectivity index (χ1n) is 8.18. The smallest absolute Gasteiger partial charge is 0.248 e. The highest BCUT2D eigenvalue weighted by molar-refractivity contribution is 5.92. The molecule has 7 nitrogen and oxygen atoms in total. The van der Waals surface area contributed by atoms with Crippen LogP contribution in [0, 0.1) is 0 Å². The van der Waals surface area contributed by atoms with Crippen LogP contribution in [-0.2, 0) is 4.79 Å². The van der Waals surface area contributed by atoms with Crippen LogP contribution in [0.25, 0.3) is 0 Å².